The number of phenolic OH excluding ortho intramolecular Hbond substituents is 1. The van der Waals surface area contributed by atoms with Crippen LogP contribution in [0.4, 0.5) is 5.69 Å². The van der Waals surface area contributed by atoms with Gasteiger partial charge in [0.1, 0.15) is 5.75 Å². The number of halogens is 1. The second-order valence-electron chi connectivity index (χ2n) is 5.94. The third-order valence-electron chi connectivity index (χ3n) is 3.16. The SMILES string of the molecule is CC1=CC(C)(C)Nc2cc(CN(C)C)c(O)cc21.Cl. The summed E-state index contributed by atoms with van der Waals surface area (Å²) in [5, 5.41) is 13.6. The van der Waals surface area contributed by atoms with E-state index in [1.165, 1.54) is 5.57 Å². The summed E-state index contributed by atoms with van der Waals surface area (Å²) in [6.07, 6.45) is 2.19. The highest BCUT2D eigenvalue weighted by atomic mass is 35.5. The fourth-order valence-corrected chi connectivity index (χ4v) is 2.53. The molecule has 2 rings (SSSR count). The zero-order chi connectivity index (χ0) is 13.5. The number of fused-ring (bicyclic) bond motifs is 1. The average Bonchev–Trinajstić information content (AvgIpc) is 2.18. The van der Waals surface area contributed by atoms with Crippen LogP contribution in [0.15, 0.2) is 18.2 Å². The Morgan fingerprint density at radius 2 is 1.89 bits per heavy atom. The molecule has 0 aromatic heterocycles. The smallest absolute Gasteiger partial charge is 0.120 e. The Labute approximate surface area is 121 Å². The van der Waals surface area contributed by atoms with Gasteiger partial charge in [0.05, 0.1) is 5.54 Å². The third kappa shape index (κ3) is 3.43. The second kappa shape index (κ2) is 5.43. The molecule has 0 saturated heterocycles. The Balaban J connectivity index is 0.00000180. The fourth-order valence-electron chi connectivity index (χ4n) is 2.53. The number of aromatic hydroxyl groups is 1. The summed E-state index contributed by atoms with van der Waals surface area (Å²) < 4.78 is 0. The summed E-state index contributed by atoms with van der Waals surface area (Å²) in [4.78, 5) is 2.05. The van der Waals surface area contributed by atoms with E-state index in [0.717, 1.165) is 23.4 Å². The summed E-state index contributed by atoms with van der Waals surface area (Å²) in [7, 11) is 4.00. The monoisotopic (exact) mass is 282 g/mol. The molecule has 4 heteroatoms. The molecule has 2 N–H and O–H groups in total. The maximum absolute atomic E-state index is 10.1. The van der Waals surface area contributed by atoms with Crippen molar-refractivity contribution >= 4 is 23.7 Å². The van der Waals surface area contributed by atoms with E-state index < -0.39 is 0 Å². The molecule has 1 heterocycles. The topological polar surface area (TPSA) is 35.5 Å². The molecule has 0 bridgehead atoms. The molecule has 1 aromatic carbocycles. The van der Waals surface area contributed by atoms with Crippen molar-refractivity contribution in [3.05, 3.63) is 29.3 Å². The van der Waals surface area contributed by atoms with Crippen LogP contribution < -0.4 is 5.32 Å². The average molecular weight is 283 g/mol. The summed E-state index contributed by atoms with van der Waals surface area (Å²) >= 11 is 0. The molecule has 0 unspecified atom stereocenters. The van der Waals surface area contributed by atoms with Gasteiger partial charge in [0.15, 0.2) is 0 Å². The lowest BCUT2D eigenvalue weighted by Gasteiger charge is -2.32. The van der Waals surface area contributed by atoms with Gasteiger partial charge in [-0.05, 0) is 52.6 Å². The molecule has 1 aliphatic heterocycles. The minimum absolute atomic E-state index is 0. The first-order valence-electron chi connectivity index (χ1n) is 6.27. The molecule has 0 amide bonds. The van der Waals surface area contributed by atoms with E-state index in [1.54, 1.807) is 0 Å². The van der Waals surface area contributed by atoms with E-state index in [4.69, 9.17) is 0 Å². The minimum Gasteiger partial charge on any atom is -0.508 e. The van der Waals surface area contributed by atoms with Crippen molar-refractivity contribution in [3.63, 3.8) is 0 Å². The van der Waals surface area contributed by atoms with Crippen molar-refractivity contribution < 1.29 is 5.11 Å². The lowest BCUT2D eigenvalue weighted by Crippen LogP contribution is -2.31. The molecule has 1 aromatic rings. The van der Waals surface area contributed by atoms with Gasteiger partial charge in [0, 0.05) is 23.4 Å². The van der Waals surface area contributed by atoms with Crippen LogP contribution in [0.3, 0.4) is 0 Å². The van der Waals surface area contributed by atoms with Crippen LogP contribution in [0.5, 0.6) is 5.75 Å². The summed E-state index contributed by atoms with van der Waals surface area (Å²) in [6, 6.07) is 3.92. The zero-order valence-corrected chi connectivity index (χ0v) is 13.1. The Kier molecular flexibility index (Phi) is 4.54. The normalized spacial score (nSPS) is 16.2. The highest BCUT2D eigenvalue weighted by Crippen LogP contribution is 2.37. The standard InChI is InChI=1S/C15H22N2O.ClH/c1-10-8-15(2,3)16-13-6-11(9-17(4)5)14(18)7-12(10)13;/h6-8,16,18H,9H2,1-5H3;1H. The maximum Gasteiger partial charge on any atom is 0.120 e. The Morgan fingerprint density at radius 1 is 1.26 bits per heavy atom. The van der Waals surface area contributed by atoms with Crippen LogP contribution in [0, 0.1) is 0 Å². The Hall–Kier alpha value is -1.19. The van der Waals surface area contributed by atoms with Crippen molar-refractivity contribution in [2.45, 2.75) is 32.9 Å². The maximum atomic E-state index is 10.1. The molecular formula is C15H23ClN2O. The van der Waals surface area contributed by atoms with E-state index in [0.29, 0.717) is 5.75 Å². The predicted molar refractivity (Wildman–Crippen MR) is 84.1 cm³/mol. The first-order chi connectivity index (χ1) is 8.28. The van der Waals surface area contributed by atoms with Crippen LogP contribution in [0.2, 0.25) is 0 Å². The molecular weight excluding hydrogens is 260 g/mol. The van der Waals surface area contributed by atoms with Crippen LogP contribution in [-0.2, 0) is 6.54 Å². The first kappa shape index (κ1) is 15.9. The summed E-state index contributed by atoms with van der Waals surface area (Å²) in [5.41, 5.74) is 4.32. The second-order valence-corrected chi connectivity index (χ2v) is 5.94. The first-order valence-corrected chi connectivity index (χ1v) is 6.27. The van der Waals surface area contributed by atoms with Gasteiger partial charge < -0.3 is 15.3 Å². The van der Waals surface area contributed by atoms with Gasteiger partial charge in [-0.15, -0.1) is 12.4 Å². The number of allylic oxidation sites excluding steroid dienone is 1. The highest BCUT2D eigenvalue weighted by molar-refractivity contribution is 5.85. The van der Waals surface area contributed by atoms with Crippen LogP contribution in [0.1, 0.15) is 31.9 Å². The molecule has 0 saturated carbocycles. The number of nitrogens with one attached hydrogen (secondary N) is 1. The summed E-state index contributed by atoms with van der Waals surface area (Å²) in [5.74, 6) is 0.372. The van der Waals surface area contributed by atoms with Gasteiger partial charge in [0.25, 0.3) is 0 Å². The number of hydrogen-bond acceptors (Lipinski definition) is 3. The van der Waals surface area contributed by atoms with Crippen molar-refractivity contribution in [1.29, 1.82) is 0 Å². The van der Waals surface area contributed by atoms with Gasteiger partial charge in [-0.1, -0.05) is 6.08 Å². The van der Waals surface area contributed by atoms with Gasteiger partial charge in [-0.2, -0.15) is 0 Å². The molecule has 0 atom stereocenters. The third-order valence-corrected chi connectivity index (χ3v) is 3.16. The van der Waals surface area contributed by atoms with Crippen molar-refractivity contribution in [1.82, 2.24) is 4.90 Å². The number of anilines is 1. The Bertz CT molecular complexity index is 507. The van der Waals surface area contributed by atoms with Crippen LogP contribution >= 0.6 is 12.4 Å². The molecule has 106 valence electrons. The fraction of sp³-hybridized carbons (Fsp3) is 0.467. The van der Waals surface area contributed by atoms with Gasteiger partial charge in [0.2, 0.25) is 0 Å². The minimum atomic E-state index is -0.0383. The summed E-state index contributed by atoms with van der Waals surface area (Å²) in [6.45, 7) is 7.13. The molecule has 0 fully saturated rings. The number of hydrogen-bond donors (Lipinski definition) is 2. The van der Waals surface area contributed by atoms with E-state index in [2.05, 4.69) is 43.1 Å². The van der Waals surface area contributed by atoms with Crippen molar-refractivity contribution in [2.24, 2.45) is 0 Å². The van der Waals surface area contributed by atoms with Gasteiger partial charge >= 0.3 is 0 Å². The molecule has 0 aliphatic carbocycles. The molecule has 0 radical (unpaired) electrons. The van der Waals surface area contributed by atoms with Crippen LogP contribution in [-0.4, -0.2) is 29.6 Å². The van der Waals surface area contributed by atoms with Crippen molar-refractivity contribution in [3.8, 4) is 5.75 Å². The van der Waals surface area contributed by atoms with Crippen molar-refractivity contribution in [2.75, 3.05) is 19.4 Å². The highest BCUT2D eigenvalue weighted by Gasteiger charge is 2.23. The number of rotatable bonds is 2. The molecule has 19 heavy (non-hydrogen) atoms. The van der Waals surface area contributed by atoms with E-state index in [-0.39, 0.29) is 17.9 Å². The van der Waals surface area contributed by atoms with E-state index in [9.17, 15) is 5.11 Å². The largest absolute Gasteiger partial charge is 0.508 e. The zero-order valence-electron chi connectivity index (χ0n) is 12.2. The molecule has 1 aliphatic rings. The van der Waals surface area contributed by atoms with E-state index in [1.807, 2.05) is 20.2 Å². The van der Waals surface area contributed by atoms with E-state index >= 15 is 0 Å². The molecule has 3 nitrogen and oxygen atoms in total. The lowest BCUT2D eigenvalue weighted by molar-refractivity contribution is 0.386. The van der Waals surface area contributed by atoms with Gasteiger partial charge in [-0.3, -0.25) is 0 Å². The Morgan fingerprint density at radius 3 is 2.47 bits per heavy atom. The number of nitrogens with zero attached hydrogens (tertiary/aromatic N) is 1. The van der Waals surface area contributed by atoms with Crippen LogP contribution in [0.25, 0.3) is 5.57 Å². The lowest BCUT2D eigenvalue weighted by atomic mass is 9.90. The molecule has 0 spiro atoms. The number of phenols is 1. The number of benzene rings is 1. The quantitative estimate of drug-likeness (QED) is 0.815. The van der Waals surface area contributed by atoms with Gasteiger partial charge in [-0.25, -0.2) is 0 Å². The predicted octanol–water partition coefficient (Wildman–Crippen LogP) is 3.48.